The summed E-state index contributed by atoms with van der Waals surface area (Å²) in [5, 5.41) is 3.53. The van der Waals surface area contributed by atoms with Crippen LogP contribution in [0.4, 0.5) is 0 Å². The van der Waals surface area contributed by atoms with Gasteiger partial charge in [0.25, 0.3) is 5.56 Å². The van der Waals surface area contributed by atoms with Gasteiger partial charge < -0.3 is 24.4 Å². The predicted octanol–water partition coefficient (Wildman–Crippen LogP) is 4.59. The van der Waals surface area contributed by atoms with E-state index in [1.165, 1.54) is 16.8 Å². The number of aromatic amines is 1. The molecular formula is C39H48N4O8Si. The molecule has 0 radical (unpaired) electrons. The third kappa shape index (κ3) is 8.28. The third-order valence-corrected chi connectivity index (χ3v) is 14.5. The molecule has 1 fully saturated rings. The van der Waals surface area contributed by atoms with Crippen molar-refractivity contribution in [2.75, 3.05) is 13.7 Å². The molecule has 2 heterocycles. The summed E-state index contributed by atoms with van der Waals surface area (Å²) >= 11 is 0. The smallest absolute Gasteiger partial charge is 0.330 e. The molecule has 12 nitrogen and oxygen atoms in total. The number of methoxy groups -OCH3 is 1. The molecular weight excluding hydrogens is 681 g/mol. The van der Waals surface area contributed by atoms with Gasteiger partial charge in [0.05, 0.1) is 19.1 Å². The number of hydrogen-bond acceptors (Lipinski definition) is 9. The molecule has 0 unspecified atom stereocenters. The van der Waals surface area contributed by atoms with E-state index < -0.39 is 61.5 Å². The van der Waals surface area contributed by atoms with Gasteiger partial charge in [0.2, 0.25) is 5.91 Å². The molecule has 1 aliphatic rings. The number of primary amides is 1. The molecule has 13 heteroatoms. The minimum absolute atomic E-state index is 0.107. The largest absolute Gasteiger partial charge is 0.497 e. The quantitative estimate of drug-likeness (QED) is 0.0958. The molecule has 52 heavy (non-hydrogen) atoms. The Hall–Kier alpha value is -4.82. The van der Waals surface area contributed by atoms with Crippen molar-refractivity contribution in [3.8, 4) is 5.75 Å². The lowest BCUT2D eigenvalue weighted by atomic mass is 9.76. The van der Waals surface area contributed by atoms with Crippen LogP contribution in [0.15, 0.2) is 107 Å². The van der Waals surface area contributed by atoms with Gasteiger partial charge in [-0.2, -0.15) is 0 Å². The van der Waals surface area contributed by atoms with Crippen LogP contribution in [0.5, 0.6) is 5.75 Å². The molecule has 0 saturated carbocycles. The molecule has 4 aromatic rings. The van der Waals surface area contributed by atoms with Crippen molar-refractivity contribution in [1.29, 1.82) is 0 Å². The molecule has 4 atom stereocenters. The summed E-state index contributed by atoms with van der Waals surface area (Å²) < 4.78 is 26.6. The maximum atomic E-state index is 13.4. The zero-order valence-electron chi connectivity index (χ0n) is 30.5. The van der Waals surface area contributed by atoms with E-state index in [1.54, 1.807) is 7.11 Å². The number of aromatic nitrogens is 2. The van der Waals surface area contributed by atoms with E-state index >= 15 is 0 Å². The Bertz CT molecular complexity index is 1900. The number of rotatable bonds is 14. The highest BCUT2D eigenvalue weighted by atomic mass is 28.4. The second kappa shape index (κ2) is 15.8. The minimum atomic E-state index is -2.62. The van der Waals surface area contributed by atoms with E-state index in [4.69, 9.17) is 24.4 Å². The molecule has 0 bridgehead atoms. The number of carbonyl (C=O) groups excluding carboxylic acids is 2. The van der Waals surface area contributed by atoms with Gasteiger partial charge in [0.15, 0.2) is 20.6 Å². The van der Waals surface area contributed by atoms with Crippen LogP contribution in [0, 0.1) is 0 Å². The molecule has 1 amide bonds. The first kappa shape index (κ1) is 38.4. The van der Waals surface area contributed by atoms with Gasteiger partial charge in [-0.1, -0.05) is 93.6 Å². The van der Waals surface area contributed by atoms with E-state index in [2.05, 4.69) is 44.2 Å². The fourth-order valence-corrected chi connectivity index (χ4v) is 7.51. The predicted molar refractivity (Wildman–Crippen MR) is 199 cm³/mol. The maximum Gasteiger partial charge on any atom is 0.330 e. The molecule has 1 saturated heterocycles. The monoisotopic (exact) mass is 728 g/mol. The maximum absolute atomic E-state index is 13.4. The number of ether oxygens (including phenoxy) is 3. The Labute approximate surface area is 304 Å². The average molecular weight is 729 g/mol. The van der Waals surface area contributed by atoms with Crippen molar-refractivity contribution in [3.63, 3.8) is 0 Å². The van der Waals surface area contributed by atoms with Crippen LogP contribution in [0.3, 0.4) is 0 Å². The summed E-state index contributed by atoms with van der Waals surface area (Å²) in [5.74, 6) is -0.608. The summed E-state index contributed by atoms with van der Waals surface area (Å²) in [4.78, 5) is 52.6. The fourth-order valence-electron chi connectivity index (χ4n) is 6.22. The standard InChI is InChI=1S/C39H48N4O8Si/c1-38(2,3)52(5,6)51-35-34(50-33(46)22-21-31(40)44)30(49-36(35)43-24-23-32(45)42-37(43)47)25-41-39(26-13-9-7-10-14-26,27-15-11-8-12-16-27)28-17-19-29(48-4)20-18-28/h7-20,23-24,30,34-36,41H,21-22,25H2,1-6H3,(H2,40,44)(H,42,45,47)/t30-,34-,35-,36-/m1/s1. The van der Waals surface area contributed by atoms with Gasteiger partial charge in [-0.05, 0) is 47.0 Å². The number of H-pyrrole nitrogens is 1. The van der Waals surface area contributed by atoms with Gasteiger partial charge >= 0.3 is 11.7 Å². The van der Waals surface area contributed by atoms with Gasteiger partial charge in [0, 0.05) is 25.2 Å². The van der Waals surface area contributed by atoms with Crippen molar-refractivity contribution in [1.82, 2.24) is 14.9 Å². The van der Waals surface area contributed by atoms with Crippen LogP contribution in [-0.2, 0) is 29.0 Å². The molecule has 0 spiro atoms. The van der Waals surface area contributed by atoms with Crippen molar-refractivity contribution in [2.24, 2.45) is 5.73 Å². The van der Waals surface area contributed by atoms with Crippen LogP contribution in [-0.4, -0.2) is 61.7 Å². The van der Waals surface area contributed by atoms with Crippen molar-refractivity contribution in [3.05, 3.63) is 135 Å². The summed E-state index contributed by atoms with van der Waals surface area (Å²) in [6, 6.07) is 28.9. The van der Waals surface area contributed by atoms with Crippen molar-refractivity contribution in [2.45, 2.75) is 81.8 Å². The Morgan fingerprint density at radius 1 is 0.865 bits per heavy atom. The normalized spacial score (nSPS) is 19.3. The van der Waals surface area contributed by atoms with Gasteiger partial charge in [-0.15, -0.1) is 0 Å². The second-order valence-corrected chi connectivity index (χ2v) is 19.2. The molecule has 1 aliphatic heterocycles. The molecule has 1 aromatic heterocycles. The van der Waals surface area contributed by atoms with Gasteiger partial charge in [0.1, 0.15) is 18.0 Å². The van der Waals surface area contributed by atoms with Crippen molar-refractivity contribution < 1.29 is 28.2 Å². The third-order valence-electron chi connectivity index (χ3n) is 10.00. The number of esters is 1. The van der Waals surface area contributed by atoms with Gasteiger partial charge in [-0.25, -0.2) is 4.79 Å². The topological polar surface area (TPSA) is 164 Å². The number of nitrogens with zero attached hydrogens (tertiary/aromatic N) is 1. The van der Waals surface area contributed by atoms with Crippen LogP contribution in [0.2, 0.25) is 18.1 Å². The Kier molecular flexibility index (Phi) is 11.7. The second-order valence-electron chi connectivity index (χ2n) is 14.4. The Balaban J connectivity index is 1.65. The van der Waals surface area contributed by atoms with E-state index in [9.17, 15) is 19.2 Å². The number of nitrogens with one attached hydrogen (secondary N) is 2. The zero-order valence-corrected chi connectivity index (χ0v) is 31.5. The lowest BCUT2D eigenvalue weighted by Crippen LogP contribution is -2.53. The summed E-state index contributed by atoms with van der Waals surface area (Å²) in [5.41, 5.74) is 5.93. The molecule has 5 rings (SSSR count). The highest BCUT2D eigenvalue weighted by Crippen LogP contribution is 2.43. The number of benzene rings is 3. The Morgan fingerprint density at radius 3 is 1.96 bits per heavy atom. The van der Waals surface area contributed by atoms with Gasteiger partial charge in [-0.3, -0.25) is 29.3 Å². The zero-order chi connectivity index (χ0) is 37.7. The summed E-state index contributed by atoms with van der Waals surface area (Å²) in [7, 11) is -1.01. The van der Waals surface area contributed by atoms with Crippen LogP contribution >= 0.6 is 0 Å². The first-order valence-corrected chi connectivity index (χ1v) is 20.2. The van der Waals surface area contributed by atoms with E-state index in [-0.39, 0.29) is 24.4 Å². The number of amides is 1. The highest BCUT2D eigenvalue weighted by Gasteiger charge is 2.53. The SMILES string of the molecule is COc1ccc(C(NC[C@H]2O[C@@H](n3ccc(=O)[nH]c3=O)[C@H](O[Si](C)(C)C(C)(C)C)[C@@H]2OC(=O)CCC(N)=O)(c2ccccc2)c2ccccc2)cc1. The first-order valence-electron chi connectivity index (χ1n) is 17.3. The molecule has 0 aliphatic carbocycles. The van der Waals surface area contributed by atoms with Crippen LogP contribution < -0.4 is 27.0 Å². The summed E-state index contributed by atoms with van der Waals surface area (Å²) in [6.07, 6.45) is -3.04. The summed E-state index contributed by atoms with van der Waals surface area (Å²) in [6.45, 7) is 10.4. The Morgan fingerprint density at radius 2 is 1.44 bits per heavy atom. The fraction of sp³-hybridized carbons (Fsp3) is 0.385. The highest BCUT2D eigenvalue weighted by molar-refractivity contribution is 6.74. The van der Waals surface area contributed by atoms with E-state index in [0.717, 1.165) is 16.7 Å². The lowest BCUT2D eigenvalue weighted by molar-refractivity contribution is -0.155. The average Bonchev–Trinajstić information content (AvgIpc) is 3.43. The van der Waals surface area contributed by atoms with Crippen molar-refractivity contribution >= 4 is 20.2 Å². The number of nitrogens with two attached hydrogens (primary N) is 1. The van der Waals surface area contributed by atoms with Crippen LogP contribution in [0.1, 0.15) is 56.5 Å². The molecule has 3 aromatic carbocycles. The number of hydrogen-bond donors (Lipinski definition) is 3. The minimum Gasteiger partial charge on any atom is -0.497 e. The first-order chi connectivity index (χ1) is 24.7. The number of carbonyl (C=O) groups is 2. The molecule has 276 valence electrons. The van der Waals surface area contributed by atoms with E-state index in [1.807, 2.05) is 84.9 Å². The lowest BCUT2D eigenvalue weighted by Gasteiger charge is -2.40. The van der Waals surface area contributed by atoms with E-state index in [0.29, 0.717) is 5.75 Å². The van der Waals surface area contributed by atoms with Crippen LogP contribution in [0.25, 0.3) is 0 Å². The molecule has 4 N–H and O–H groups in total.